The van der Waals surface area contributed by atoms with Crippen LogP contribution in [0.4, 0.5) is 17.1 Å². The van der Waals surface area contributed by atoms with Gasteiger partial charge in [0, 0.05) is 44.2 Å². The van der Waals surface area contributed by atoms with Crippen LogP contribution in [0.5, 0.6) is 0 Å². The van der Waals surface area contributed by atoms with Gasteiger partial charge in [-0.2, -0.15) is 0 Å². The Morgan fingerprint density at radius 2 is 0.966 bits per heavy atom. The van der Waals surface area contributed by atoms with Crippen LogP contribution in [-0.4, -0.2) is 4.98 Å². The van der Waals surface area contributed by atoms with Crippen LogP contribution in [0, 0.1) is 0 Å². The molecule has 59 heavy (non-hydrogen) atoms. The fourth-order valence-corrected chi connectivity index (χ4v) is 10.1. The number of oxazole rings is 1. The number of benzene rings is 8. The lowest BCUT2D eigenvalue weighted by atomic mass is 9.82. The maximum absolute atomic E-state index is 6.66. The first kappa shape index (κ1) is 33.9. The lowest BCUT2D eigenvalue weighted by molar-refractivity contribution is 0.620. The second kappa shape index (κ2) is 12.2. The molecule has 0 N–H and O–H groups in total. The fourth-order valence-electron chi connectivity index (χ4n) is 10.1. The molecule has 8 aromatic carbocycles. The van der Waals surface area contributed by atoms with Crippen LogP contribution in [0.15, 0.2) is 179 Å². The highest BCUT2D eigenvalue weighted by Crippen LogP contribution is 2.53. The summed E-state index contributed by atoms with van der Waals surface area (Å²) in [5.74, 6) is 0.588. The van der Waals surface area contributed by atoms with Gasteiger partial charge in [0.15, 0.2) is 5.58 Å². The third kappa shape index (κ3) is 4.87. The number of furan rings is 1. The van der Waals surface area contributed by atoms with Gasteiger partial charge in [0.25, 0.3) is 0 Å². The number of hydrogen-bond acceptors (Lipinski definition) is 4. The summed E-state index contributed by atoms with van der Waals surface area (Å²) in [6.07, 6.45) is 0. The number of hydrogen-bond donors (Lipinski definition) is 0. The van der Waals surface area contributed by atoms with Gasteiger partial charge in [0.2, 0.25) is 5.89 Å². The number of para-hydroxylation sites is 1. The van der Waals surface area contributed by atoms with Gasteiger partial charge >= 0.3 is 0 Å². The van der Waals surface area contributed by atoms with E-state index >= 15 is 0 Å². The van der Waals surface area contributed by atoms with Crippen molar-refractivity contribution in [3.05, 3.63) is 192 Å². The average Bonchev–Trinajstić information content (AvgIpc) is 3.99. The topological polar surface area (TPSA) is 42.4 Å². The molecule has 10 aromatic rings. The first-order chi connectivity index (χ1) is 28.8. The lowest BCUT2D eigenvalue weighted by Crippen LogP contribution is -2.18. The van der Waals surface area contributed by atoms with Crippen LogP contribution in [0.3, 0.4) is 0 Å². The molecule has 0 amide bonds. The largest absolute Gasteiger partial charge is 0.455 e. The Morgan fingerprint density at radius 3 is 1.61 bits per heavy atom. The number of anilines is 3. The Hall–Kier alpha value is -7.17. The second-order valence-electron chi connectivity index (χ2n) is 17.1. The van der Waals surface area contributed by atoms with Crippen molar-refractivity contribution in [3.8, 4) is 44.8 Å². The van der Waals surface area contributed by atoms with Gasteiger partial charge in [-0.1, -0.05) is 137 Å². The van der Waals surface area contributed by atoms with Crippen molar-refractivity contribution >= 4 is 50.1 Å². The minimum absolute atomic E-state index is 0.133. The Labute approximate surface area is 343 Å². The molecule has 0 bridgehead atoms. The van der Waals surface area contributed by atoms with Gasteiger partial charge < -0.3 is 13.7 Å². The maximum Gasteiger partial charge on any atom is 0.227 e. The van der Waals surface area contributed by atoms with E-state index in [0.29, 0.717) is 5.89 Å². The molecule has 2 heterocycles. The summed E-state index contributed by atoms with van der Waals surface area (Å²) in [4.78, 5) is 7.54. The molecule has 2 aliphatic carbocycles. The third-order valence-corrected chi connectivity index (χ3v) is 13.1. The van der Waals surface area contributed by atoms with Gasteiger partial charge in [-0.15, -0.1) is 0 Å². The summed E-state index contributed by atoms with van der Waals surface area (Å²) in [6.45, 7) is 9.40. The molecular formula is C55H40N2O2. The highest BCUT2D eigenvalue weighted by molar-refractivity contribution is 6.16. The zero-order valence-corrected chi connectivity index (χ0v) is 33.4. The monoisotopic (exact) mass is 760 g/mol. The molecule has 0 spiro atoms. The van der Waals surface area contributed by atoms with E-state index in [2.05, 4.69) is 160 Å². The Kier molecular flexibility index (Phi) is 7.00. The average molecular weight is 761 g/mol. The summed E-state index contributed by atoms with van der Waals surface area (Å²) < 4.78 is 13.2. The predicted octanol–water partition coefficient (Wildman–Crippen LogP) is 15.1. The zero-order chi connectivity index (χ0) is 39.6. The number of nitrogens with zero attached hydrogens (tertiary/aromatic N) is 2. The minimum atomic E-state index is -0.133. The molecule has 0 atom stereocenters. The van der Waals surface area contributed by atoms with E-state index in [-0.39, 0.29) is 10.8 Å². The first-order valence-electron chi connectivity index (χ1n) is 20.5. The lowest BCUT2D eigenvalue weighted by Gasteiger charge is -2.30. The van der Waals surface area contributed by atoms with Crippen LogP contribution in [0.25, 0.3) is 77.9 Å². The van der Waals surface area contributed by atoms with Crippen molar-refractivity contribution in [3.63, 3.8) is 0 Å². The molecule has 0 saturated carbocycles. The smallest absolute Gasteiger partial charge is 0.227 e. The van der Waals surface area contributed by atoms with Gasteiger partial charge in [-0.25, -0.2) is 4.98 Å². The summed E-state index contributed by atoms with van der Waals surface area (Å²) >= 11 is 0. The molecule has 0 unspecified atom stereocenters. The third-order valence-electron chi connectivity index (χ3n) is 13.1. The van der Waals surface area contributed by atoms with Crippen molar-refractivity contribution in [1.82, 2.24) is 4.98 Å². The van der Waals surface area contributed by atoms with Crippen molar-refractivity contribution in [2.45, 2.75) is 38.5 Å². The van der Waals surface area contributed by atoms with E-state index in [4.69, 9.17) is 13.8 Å². The normalized spacial score (nSPS) is 14.4. The van der Waals surface area contributed by atoms with Crippen molar-refractivity contribution in [2.75, 3.05) is 4.90 Å². The van der Waals surface area contributed by atoms with E-state index in [9.17, 15) is 0 Å². The van der Waals surface area contributed by atoms with E-state index in [1.54, 1.807) is 0 Å². The molecule has 2 aromatic heterocycles. The highest BCUT2D eigenvalue weighted by atomic mass is 16.4. The fraction of sp³-hybridized carbons (Fsp3) is 0.109. The molecule has 2 aliphatic rings. The predicted molar refractivity (Wildman–Crippen MR) is 242 cm³/mol. The number of fused-ring (bicyclic) bond motifs is 10. The zero-order valence-electron chi connectivity index (χ0n) is 33.4. The Bertz CT molecular complexity index is 3220. The second-order valence-corrected chi connectivity index (χ2v) is 17.1. The van der Waals surface area contributed by atoms with Gasteiger partial charge in [-0.05, 0) is 111 Å². The molecular weight excluding hydrogens is 721 g/mol. The Balaban J connectivity index is 1.05. The van der Waals surface area contributed by atoms with Gasteiger partial charge in [0.05, 0.1) is 5.56 Å². The molecule has 0 fully saturated rings. The molecule has 4 heteroatoms. The van der Waals surface area contributed by atoms with Gasteiger partial charge in [0.1, 0.15) is 16.7 Å². The quantitative estimate of drug-likeness (QED) is 0.175. The number of aromatic nitrogens is 1. The minimum Gasteiger partial charge on any atom is -0.455 e. The van der Waals surface area contributed by atoms with Crippen molar-refractivity contribution < 1.29 is 8.83 Å². The number of rotatable bonds is 5. The van der Waals surface area contributed by atoms with Crippen molar-refractivity contribution in [2.24, 2.45) is 0 Å². The molecule has 0 saturated heterocycles. The first-order valence-corrected chi connectivity index (χ1v) is 20.5. The summed E-state index contributed by atoms with van der Waals surface area (Å²) in [7, 11) is 0. The van der Waals surface area contributed by atoms with Crippen LogP contribution in [-0.2, 0) is 10.8 Å². The van der Waals surface area contributed by atoms with Crippen LogP contribution >= 0.6 is 0 Å². The van der Waals surface area contributed by atoms with E-state index < -0.39 is 0 Å². The highest BCUT2D eigenvalue weighted by Gasteiger charge is 2.38. The summed E-state index contributed by atoms with van der Waals surface area (Å²) in [5, 5.41) is 2.06. The molecule has 0 aliphatic heterocycles. The molecule has 0 radical (unpaired) electrons. The van der Waals surface area contributed by atoms with Crippen LogP contribution < -0.4 is 4.90 Å². The Morgan fingerprint density at radius 1 is 0.424 bits per heavy atom. The summed E-state index contributed by atoms with van der Waals surface area (Å²) in [6, 6.07) is 61.0. The molecule has 4 nitrogen and oxygen atoms in total. The van der Waals surface area contributed by atoms with E-state index in [1.165, 1.54) is 44.5 Å². The van der Waals surface area contributed by atoms with Crippen LogP contribution in [0.1, 0.15) is 49.9 Å². The van der Waals surface area contributed by atoms with Crippen molar-refractivity contribution in [1.29, 1.82) is 0 Å². The van der Waals surface area contributed by atoms with Crippen LogP contribution in [0.2, 0.25) is 0 Å². The van der Waals surface area contributed by atoms with Gasteiger partial charge in [-0.3, -0.25) is 0 Å². The van der Waals surface area contributed by atoms with E-state index in [0.717, 1.165) is 66.8 Å². The van der Waals surface area contributed by atoms with E-state index in [1.807, 2.05) is 42.5 Å². The SMILES string of the molecule is CC1(C)c2ccccc2-c2ccc(N(c3ccc(-c4c5nc(-c6ccccc6)oc5cc5c4oc4ccccc45)cc3)c3ccc4c(c3)C(C)(C)c3ccccc3-4)cc21. The molecule has 282 valence electrons. The standard InChI is InChI=1S/C55H40N2O2/c1-54(2)44-19-11-8-16-38(44)40-28-26-36(30-46(40)54)57(37-27-29-41-39-17-9-12-20-45(39)55(3,4)47(41)31-37)35-24-22-33(23-25-35)50-51-49(59-53(56-51)34-14-6-5-7-15-34)32-43-42-18-10-13-21-48(42)58-52(43)50/h5-32H,1-4H3. The summed E-state index contributed by atoms with van der Waals surface area (Å²) in [5.41, 5.74) is 19.7. The maximum atomic E-state index is 6.66. The molecule has 12 rings (SSSR count).